The Labute approximate surface area is 196 Å². The van der Waals surface area contributed by atoms with Crippen LogP contribution in [0.2, 0.25) is 0 Å². The van der Waals surface area contributed by atoms with Gasteiger partial charge in [-0.2, -0.15) is 0 Å². The number of hydrogen-bond donors (Lipinski definition) is 3. The molecule has 2 unspecified atom stereocenters. The van der Waals surface area contributed by atoms with Crippen molar-refractivity contribution in [3.63, 3.8) is 0 Å². The van der Waals surface area contributed by atoms with Gasteiger partial charge in [-0.15, -0.1) is 0 Å². The van der Waals surface area contributed by atoms with Crippen molar-refractivity contribution in [1.82, 2.24) is 0 Å². The van der Waals surface area contributed by atoms with E-state index >= 15 is 0 Å². The van der Waals surface area contributed by atoms with Gasteiger partial charge in [-0.3, -0.25) is 0 Å². The molecule has 0 bridgehead atoms. The average Bonchev–Trinajstić information content (AvgIpc) is 3.33. The molecule has 0 amide bonds. The first kappa shape index (κ1) is 21.7. The van der Waals surface area contributed by atoms with Gasteiger partial charge in [0.1, 0.15) is 18.3 Å². The molecule has 174 valence electrons. The van der Waals surface area contributed by atoms with E-state index < -0.39 is 43.1 Å². The van der Waals surface area contributed by atoms with Crippen molar-refractivity contribution in [2.45, 2.75) is 49.5 Å². The zero-order chi connectivity index (χ0) is 23.2. The minimum absolute atomic E-state index is 0.121. The van der Waals surface area contributed by atoms with Crippen LogP contribution in [0.3, 0.4) is 0 Å². The number of aliphatic hydroxyl groups excluding tert-OH is 3. The second-order valence-electron chi connectivity index (χ2n) is 8.99. The maximum atomic E-state index is 11.1. The van der Waals surface area contributed by atoms with Crippen molar-refractivity contribution >= 4 is 21.5 Å². The highest BCUT2D eigenvalue weighted by Crippen LogP contribution is 2.42. The molecule has 1 heterocycles. The zero-order valence-corrected chi connectivity index (χ0v) is 18.4. The van der Waals surface area contributed by atoms with Gasteiger partial charge in [-0.05, 0) is 21.5 Å². The van der Waals surface area contributed by atoms with Crippen molar-refractivity contribution in [1.29, 1.82) is 0 Å². The molecule has 3 N–H and O–H groups in total. The zero-order valence-electron chi connectivity index (χ0n) is 18.4. The smallest absolute Gasteiger partial charge is 0.185 e. The van der Waals surface area contributed by atoms with E-state index in [2.05, 4.69) is 0 Å². The summed E-state index contributed by atoms with van der Waals surface area (Å²) in [6.45, 7) is 0. The molecule has 0 spiro atoms. The van der Waals surface area contributed by atoms with E-state index in [1.807, 2.05) is 78.9 Å². The van der Waals surface area contributed by atoms with E-state index in [9.17, 15) is 15.3 Å². The van der Waals surface area contributed by atoms with Gasteiger partial charge in [0.15, 0.2) is 12.6 Å². The van der Waals surface area contributed by atoms with Crippen molar-refractivity contribution in [3.05, 3.63) is 96.1 Å². The number of benzene rings is 4. The minimum Gasteiger partial charge on any atom is -0.390 e. The number of ether oxygens (including phenoxy) is 3. The normalized spacial score (nSPS) is 29.9. The van der Waals surface area contributed by atoms with Crippen LogP contribution in [0.15, 0.2) is 84.9 Å². The van der Waals surface area contributed by atoms with Crippen LogP contribution >= 0.6 is 0 Å². The Kier molecular flexibility index (Phi) is 5.57. The molecule has 1 saturated heterocycles. The van der Waals surface area contributed by atoms with Crippen LogP contribution < -0.4 is 0 Å². The molecule has 6 rings (SSSR count). The van der Waals surface area contributed by atoms with Gasteiger partial charge in [0, 0.05) is 17.5 Å². The number of aliphatic hydroxyl groups is 3. The summed E-state index contributed by atoms with van der Waals surface area (Å²) in [4.78, 5) is 0. The summed E-state index contributed by atoms with van der Waals surface area (Å²) in [5.74, 6) is 0. The van der Waals surface area contributed by atoms with Gasteiger partial charge in [-0.1, -0.05) is 84.9 Å². The Morgan fingerprint density at radius 3 is 2.15 bits per heavy atom. The Morgan fingerprint density at radius 1 is 0.735 bits per heavy atom. The third-order valence-electron chi connectivity index (χ3n) is 6.93. The molecule has 2 aliphatic rings. The summed E-state index contributed by atoms with van der Waals surface area (Å²) in [5, 5.41) is 36.7. The van der Waals surface area contributed by atoms with Gasteiger partial charge < -0.3 is 29.5 Å². The summed E-state index contributed by atoms with van der Waals surface area (Å²) >= 11 is 0. The molecule has 1 saturated carbocycles. The summed E-state index contributed by atoms with van der Waals surface area (Å²) in [6.07, 6.45) is -6.12. The van der Waals surface area contributed by atoms with E-state index in [1.54, 1.807) is 6.07 Å². The summed E-state index contributed by atoms with van der Waals surface area (Å²) in [6, 6.07) is 27.2. The molecular formula is C28H26O6. The van der Waals surface area contributed by atoms with Crippen molar-refractivity contribution in [2.24, 2.45) is 0 Å². The Hall–Kier alpha value is -2.84. The molecule has 4 aromatic carbocycles. The summed E-state index contributed by atoms with van der Waals surface area (Å²) in [5.41, 5.74) is 1.46. The maximum Gasteiger partial charge on any atom is 0.185 e. The van der Waals surface area contributed by atoms with Gasteiger partial charge in [-0.25, -0.2) is 0 Å². The second-order valence-corrected chi connectivity index (χ2v) is 8.99. The summed E-state index contributed by atoms with van der Waals surface area (Å²) in [7, 11) is 0. The summed E-state index contributed by atoms with van der Waals surface area (Å²) < 4.78 is 18.1. The molecule has 0 radical (unpaired) electrons. The predicted octanol–water partition coefficient (Wildman–Crippen LogP) is 3.98. The number of rotatable bonds is 4. The molecule has 6 heteroatoms. The monoisotopic (exact) mass is 458 g/mol. The molecule has 4 aromatic rings. The third kappa shape index (κ3) is 3.69. The topological polar surface area (TPSA) is 88.4 Å². The highest BCUT2D eigenvalue weighted by atomic mass is 16.7. The molecule has 0 aromatic heterocycles. The van der Waals surface area contributed by atoms with Crippen LogP contribution in [-0.4, -0.2) is 45.8 Å². The second kappa shape index (κ2) is 8.74. The SMILES string of the molecule is OC(O[C@@H]1C[C@H](O)[C@@H]2OC(c3cccc4ccccc34)O[C@@H]2[C@H]1O)c1cccc2ccccc12. The van der Waals surface area contributed by atoms with Crippen molar-refractivity contribution < 1.29 is 29.5 Å². The van der Waals surface area contributed by atoms with Crippen LogP contribution in [0, 0.1) is 0 Å². The van der Waals surface area contributed by atoms with Gasteiger partial charge >= 0.3 is 0 Å². The van der Waals surface area contributed by atoms with Crippen molar-refractivity contribution in [2.75, 3.05) is 0 Å². The third-order valence-corrected chi connectivity index (χ3v) is 6.93. The van der Waals surface area contributed by atoms with Gasteiger partial charge in [0.2, 0.25) is 0 Å². The number of hydrogen-bond acceptors (Lipinski definition) is 6. The Bertz CT molecular complexity index is 1310. The average molecular weight is 459 g/mol. The van der Waals surface area contributed by atoms with E-state index in [0.717, 1.165) is 27.1 Å². The van der Waals surface area contributed by atoms with Crippen LogP contribution in [0.25, 0.3) is 21.5 Å². The predicted molar refractivity (Wildman–Crippen MR) is 127 cm³/mol. The fraction of sp³-hybridized carbons (Fsp3) is 0.286. The van der Waals surface area contributed by atoms with Crippen LogP contribution in [0.1, 0.15) is 30.1 Å². The minimum atomic E-state index is -1.26. The molecule has 34 heavy (non-hydrogen) atoms. The lowest BCUT2D eigenvalue weighted by Crippen LogP contribution is -2.55. The quantitative estimate of drug-likeness (QED) is 0.401. The molecule has 6 nitrogen and oxygen atoms in total. The van der Waals surface area contributed by atoms with Crippen molar-refractivity contribution in [3.8, 4) is 0 Å². The lowest BCUT2D eigenvalue weighted by atomic mass is 9.87. The van der Waals surface area contributed by atoms with E-state index in [0.29, 0.717) is 5.56 Å². The van der Waals surface area contributed by atoms with Crippen LogP contribution in [-0.2, 0) is 14.2 Å². The lowest BCUT2D eigenvalue weighted by Gasteiger charge is -2.38. The number of fused-ring (bicyclic) bond motifs is 3. The first-order chi connectivity index (χ1) is 16.6. The highest BCUT2D eigenvalue weighted by Gasteiger charge is 2.52. The molecule has 7 atom stereocenters. The largest absolute Gasteiger partial charge is 0.390 e. The Morgan fingerprint density at radius 2 is 1.35 bits per heavy atom. The highest BCUT2D eigenvalue weighted by molar-refractivity contribution is 5.86. The van der Waals surface area contributed by atoms with E-state index in [-0.39, 0.29) is 6.42 Å². The Balaban J connectivity index is 1.23. The molecular weight excluding hydrogens is 432 g/mol. The molecule has 1 aliphatic heterocycles. The first-order valence-corrected chi connectivity index (χ1v) is 11.6. The van der Waals surface area contributed by atoms with E-state index in [4.69, 9.17) is 14.2 Å². The van der Waals surface area contributed by atoms with Crippen LogP contribution in [0.4, 0.5) is 0 Å². The maximum absolute atomic E-state index is 11.1. The van der Waals surface area contributed by atoms with E-state index in [1.165, 1.54) is 0 Å². The van der Waals surface area contributed by atoms with Gasteiger partial charge in [0.05, 0.1) is 12.2 Å². The van der Waals surface area contributed by atoms with Crippen LogP contribution in [0.5, 0.6) is 0 Å². The van der Waals surface area contributed by atoms with Gasteiger partial charge in [0.25, 0.3) is 0 Å². The fourth-order valence-electron chi connectivity index (χ4n) is 5.22. The first-order valence-electron chi connectivity index (χ1n) is 11.6. The standard InChI is InChI=1S/C28H26O6/c29-22-15-23(32-27(31)20-13-5-9-16-7-1-3-11-18(16)20)24(30)26-25(22)33-28(34-26)21-14-6-10-17-8-2-4-12-19(17)21/h1-14,22-31H,15H2/t22-,23+,24-,25-,26+,27?,28?/m0/s1. The molecule has 2 fully saturated rings. The fourth-order valence-corrected chi connectivity index (χ4v) is 5.22. The molecule has 1 aliphatic carbocycles. The lowest BCUT2D eigenvalue weighted by molar-refractivity contribution is -0.214.